The fourth-order valence-corrected chi connectivity index (χ4v) is 4.57. The Morgan fingerprint density at radius 2 is 2.15 bits per heavy atom. The normalized spacial score (nSPS) is 16.9. The Labute approximate surface area is 167 Å². The third-order valence-electron chi connectivity index (χ3n) is 4.81. The van der Waals surface area contributed by atoms with Crippen molar-refractivity contribution < 1.29 is 4.79 Å². The third-order valence-corrected chi connectivity index (χ3v) is 5.92. The van der Waals surface area contributed by atoms with Gasteiger partial charge in [-0.2, -0.15) is 4.98 Å². The van der Waals surface area contributed by atoms with Gasteiger partial charge < -0.3 is 0 Å². The van der Waals surface area contributed by atoms with Crippen molar-refractivity contribution in [2.75, 3.05) is 5.75 Å². The number of rotatable bonds is 5. The second-order valence-electron chi connectivity index (χ2n) is 7.35. The van der Waals surface area contributed by atoms with Crippen molar-refractivity contribution >= 4 is 34.9 Å². The second kappa shape index (κ2) is 7.60. The minimum atomic E-state index is 0.0973. The van der Waals surface area contributed by atoms with Crippen molar-refractivity contribution in [3.8, 4) is 0 Å². The maximum Gasteiger partial charge on any atom is 0.253 e. The highest BCUT2D eigenvalue weighted by molar-refractivity contribution is 7.99. The molecule has 0 radical (unpaired) electrons. The summed E-state index contributed by atoms with van der Waals surface area (Å²) in [7, 11) is 0. The van der Waals surface area contributed by atoms with Crippen molar-refractivity contribution in [2.45, 2.75) is 44.2 Å². The standard InChI is InChI=1S/C20H21ClN4OS/c1-12(2)6-7-27-20-23-19-22-17-9-14(13-4-3-5-15(21)8-13)10-18(26)16(17)11-25(19)24-20/h3-5,8,11-12,14H,6-7,9-10H2,1-2H3/t14-/m0/s1. The first-order chi connectivity index (χ1) is 13.0. The van der Waals surface area contributed by atoms with Gasteiger partial charge in [0, 0.05) is 23.4 Å². The number of hydrogen-bond donors (Lipinski definition) is 0. The molecule has 0 spiro atoms. The average molecular weight is 401 g/mol. The van der Waals surface area contributed by atoms with Crippen LogP contribution in [-0.4, -0.2) is 31.1 Å². The van der Waals surface area contributed by atoms with Crippen LogP contribution in [0.3, 0.4) is 0 Å². The molecule has 2 aromatic heterocycles. The van der Waals surface area contributed by atoms with Gasteiger partial charge in [-0.05, 0) is 42.4 Å². The number of thioether (sulfide) groups is 1. The van der Waals surface area contributed by atoms with Gasteiger partial charge in [-0.3, -0.25) is 4.79 Å². The first kappa shape index (κ1) is 18.4. The van der Waals surface area contributed by atoms with Gasteiger partial charge in [-0.15, -0.1) is 5.10 Å². The molecule has 140 valence electrons. The number of halogens is 1. The van der Waals surface area contributed by atoms with E-state index in [-0.39, 0.29) is 11.7 Å². The van der Waals surface area contributed by atoms with Crippen molar-refractivity contribution in [1.82, 2.24) is 19.6 Å². The number of fused-ring (bicyclic) bond motifs is 2. The Balaban J connectivity index is 1.61. The molecule has 7 heteroatoms. The molecular formula is C20H21ClN4OS. The average Bonchev–Trinajstić information content (AvgIpc) is 3.01. The van der Waals surface area contributed by atoms with Crippen molar-refractivity contribution in [3.63, 3.8) is 0 Å². The van der Waals surface area contributed by atoms with Crippen LogP contribution in [-0.2, 0) is 6.42 Å². The Bertz CT molecular complexity index is 1000. The molecular weight excluding hydrogens is 380 g/mol. The first-order valence-electron chi connectivity index (χ1n) is 9.17. The Morgan fingerprint density at radius 1 is 1.30 bits per heavy atom. The van der Waals surface area contributed by atoms with E-state index >= 15 is 0 Å². The monoisotopic (exact) mass is 400 g/mol. The molecule has 0 amide bonds. The van der Waals surface area contributed by atoms with E-state index in [1.807, 2.05) is 24.3 Å². The largest absolute Gasteiger partial charge is 0.294 e. The molecule has 3 aromatic rings. The molecule has 0 bridgehead atoms. The van der Waals surface area contributed by atoms with Gasteiger partial charge in [0.25, 0.3) is 5.78 Å². The highest BCUT2D eigenvalue weighted by atomic mass is 35.5. The highest BCUT2D eigenvalue weighted by Crippen LogP contribution is 2.33. The molecule has 5 nitrogen and oxygen atoms in total. The molecule has 0 saturated heterocycles. The highest BCUT2D eigenvalue weighted by Gasteiger charge is 2.28. The van der Waals surface area contributed by atoms with Crippen molar-refractivity contribution in [1.29, 1.82) is 0 Å². The van der Waals surface area contributed by atoms with Crippen molar-refractivity contribution in [3.05, 3.63) is 52.3 Å². The topological polar surface area (TPSA) is 60.1 Å². The van der Waals surface area contributed by atoms with E-state index in [9.17, 15) is 4.79 Å². The Hall–Kier alpha value is -1.92. The summed E-state index contributed by atoms with van der Waals surface area (Å²) in [6.45, 7) is 4.41. The summed E-state index contributed by atoms with van der Waals surface area (Å²) in [6, 6.07) is 7.73. The quantitative estimate of drug-likeness (QED) is 0.574. The molecule has 27 heavy (non-hydrogen) atoms. The summed E-state index contributed by atoms with van der Waals surface area (Å²) >= 11 is 7.75. The van der Waals surface area contributed by atoms with Crippen LogP contribution in [0.1, 0.15) is 54.2 Å². The molecule has 0 aliphatic heterocycles. The van der Waals surface area contributed by atoms with Crippen LogP contribution in [0.2, 0.25) is 5.02 Å². The smallest absolute Gasteiger partial charge is 0.253 e. The van der Waals surface area contributed by atoms with Crippen LogP contribution in [0.25, 0.3) is 5.78 Å². The summed E-state index contributed by atoms with van der Waals surface area (Å²) in [4.78, 5) is 21.9. The van der Waals surface area contributed by atoms with Crippen LogP contribution in [0.4, 0.5) is 0 Å². The van der Waals surface area contributed by atoms with E-state index in [1.54, 1.807) is 22.5 Å². The zero-order valence-corrected chi connectivity index (χ0v) is 16.9. The lowest BCUT2D eigenvalue weighted by Gasteiger charge is -2.23. The van der Waals surface area contributed by atoms with Gasteiger partial charge >= 0.3 is 0 Å². The maximum atomic E-state index is 12.7. The third kappa shape index (κ3) is 4.01. The number of aromatic nitrogens is 4. The summed E-state index contributed by atoms with van der Waals surface area (Å²) in [5, 5.41) is 5.88. The molecule has 2 heterocycles. The lowest BCUT2D eigenvalue weighted by molar-refractivity contribution is 0.0962. The Morgan fingerprint density at radius 3 is 2.93 bits per heavy atom. The van der Waals surface area contributed by atoms with Crippen molar-refractivity contribution in [2.24, 2.45) is 5.92 Å². The summed E-state index contributed by atoms with van der Waals surface area (Å²) in [5.74, 6) is 2.38. The number of carbonyl (C=O) groups is 1. The maximum absolute atomic E-state index is 12.7. The molecule has 0 fully saturated rings. The zero-order valence-electron chi connectivity index (χ0n) is 15.4. The number of Topliss-reactive ketones (excluding diaryl/α,β-unsaturated/α-hetero) is 1. The van der Waals surface area contributed by atoms with E-state index < -0.39 is 0 Å². The summed E-state index contributed by atoms with van der Waals surface area (Å²) < 4.78 is 1.63. The van der Waals surface area contributed by atoms with E-state index in [4.69, 9.17) is 11.6 Å². The van der Waals surface area contributed by atoms with E-state index in [2.05, 4.69) is 28.9 Å². The minimum absolute atomic E-state index is 0.0973. The van der Waals surface area contributed by atoms with E-state index in [0.29, 0.717) is 40.3 Å². The lowest BCUT2D eigenvalue weighted by Crippen LogP contribution is -2.21. The fraction of sp³-hybridized carbons (Fsp3) is 0.400. The Kier molecular flexibility index (Phi) is 5.19. The first-order valence-corrected chi connectivity index (χ1v) is 10.5. The zero-order chi connectivity index (χ0) is 19.0. The van der Waals surface area contributed by atoms with Gasteiger partial charge in [-0.25, -0.2) is 9.50 Å². The SMILES string of the molecule is CC(C)CCSc1nc2nc3c(cn2n1)C(=O)C[C@@H](c1cccc(Cl)c1)C3. The number of hydrogen-bond acceptors (Lipinski definition) is 5. The van der Waals surface area contributed by atoms with Crippen LogP contribution >= 0.6 is 23.4 Å². The molecule has 0 unspecified atom stereocenters. The molecule has 1 aliphatic rings. The lowest BCUT2D eigenvalue weighted by atomic mass is 9.82. The molecule has 0 N–H and O–H groups in total. The summed E-state index contributed by atoms with van der Waals surface area (Å²) in [6.07, 6.45) is 4.07. The van der Waals surface area contributed by atoms with Crippen LogP contribution < -0.4 is 0 Å². The molecule has 1 atom stereocenters. The number of nitrogens with zero attached hydrogens (tertiary/aromatic N) is 4. The summed E-state index contributed by atoms with van der Waals surface area (Å²) in [5.41, 5.74) is 2.54. The molecule has 1 aromatic carbocycles. The van der Waals surface area contributed by atoms with Crippen LogP contribution in [0.15, 0.2) is 35.6 Å². The van der Waals surface area contributed by atoms with E-state index in [1.165, 1.54) is 0 Å². The van der Waals surface area contributed by atoms with Gasteiger partial charge in [0.1, 0.15) is 0 Å². The van der Waals surface area contributed by atoms with Crippen LogP contribution in [0, 0.1) is 5.92 Å². The van der Waals surface area contributed by atoms with Gasteiger partial charge in [0.15, 0.2) is 5.78 Å². The van der Waals surface area contributed by atoms with Gasteiger partial charge in [0.2, 0.25) is 5.16 Å². The molecule has 4 rings (SSSR count). The number of benzene rings is 1. The predicted molar refractivity (Wildman–Crippen MR) is 108 cm³/mol. The van der Waals surface area contributed by atoms with Crippen LogP contribution in [0.5, 0.6) is 0 Å². The predicted octanol–water partition coefficient (Wildman–Crippen LogP) is 4.83. The second-order valence-corrected chi connectivity index (χ2v) is 8.85. The molecule has 1 aliphatic carbocycles. The number of ketones is 1. The van der Waals surface area contributed by atoms with Gasteiger partial charge in [-0.1, -0.05) is 49.3 Å². The van der Waals surface area contributed by atoms with Gasteiger partial charge in [0.05, 0.1) is 11.3 Å². The minimum Gasteiger partial charge on any atom is -0.294 e. The fourth-order valence-electron chi connectivity index (χ4n) is 3.31. The number of carbonyl (C=O) groups excluding carboxylic acids is 1. The van der Waals surface area contributed by atoms with E-state index in [0.717, 1.165) is 23.4 Å². The molecule has 0 saturated carbocycles.